The Labute approximate surface area is 102 Å². The molecule has 1 aromatic carbocycles. The normalized spacial score (nSPS) is 19.8. The summed E-state index contributed by atoms with van der Waals surface area (Å²) in [6.45, 7) is 1.71. The van der Waals surface area contributed by atoms with Crippen molar-refractivity contribution in [1.29, 1.82) is 0 Å². The van der Waals surface area contributed by atoms with Crippen LogP contribution in [0.4, 0.5) is 0 Å². The molecule has 0 bridgehead atoms. The van der Waals surface area contributed by atoms with Crippen molar-refractivity contribution in [1.82, 2.24) is 5.32 Å². The van der Waals surface area contributed by atoms with Crippen LogP contribution in [0.5, 0.6) is 0 Å². The fraction of sp³-hybridized carbons (Fsp3) is 0.500. The summed E-state index contributed by atoms with van der Waals surface area (Å²) in [5.41, 5.74) is 2.59. The molecule has 1 aliphatic carbocycles. The molecular formula is C14H19NO2. The highest BCUT2D eigenvalue weighted by Crippen LogP contribution is 2.30. The maximum Gasteiger partial charge on any atom is 0.220 e. The SMILES string of the molecule is CC(O)CCC(=O)NC1CCc2ccccc21. The van der Waals surface area contributed by atoms with Gasteiger partial charge in [0.15, 0.2) is 0 Å². The van der Waals surface area contributed by atoms with Crippen LogP contribution in [-0.4, -0.2) is 17.1 Å². The number of carbonyl (C=O) groups is 1. The van der Waals surface area contributed by atoms with Crippen LogP contribution in [-0.2, 0) is 11.2 Å². The lowest BCUT2D eigenvalue weighted by atomic mass is 10.1. The molecule has 1 amide bonds. The summed E-state index contributed by atoms with van der Waals surface area (Å²) in [4.78, 5) is 11.7. The number of aliphatic hydroxyl groups excluding tert-OH is 1. The number of benzene rings is 1. The van der Waals surface area contributed by atoms with Gasteiger partial charge in [0.2, 0.25) is 5.91 Å². The predicted molar refractivity (Wildman–Crippen MR) is 66.6 cm³/mol. The first-order valence-corrected chi connectivity index (χ1v) is 6.22. The van der Waals surface area contributed by atoms with Crippen molar-refractivity contribution < 1.29 is 9.90 Å². The van der Waals surface area contributed by atoms with Crippen LogP contribution in [0, 0.1) is 0 Å². The quantitative estimate of drug-likeness (QED) is 0.835. The molecule has 0 heterocycles. The average Bonchev–Trinajstić information content (AvgIpc) is 2.70. The van der Waals surface area contributed by atoms with Gasteiger partial charge in [-0.1, -0.05) is 24.3 Å². The molecule has 2 atom stereocenters. The molecule has 17 heavy (non-hydrogen) atoms. The zero-order valence-corrected chi connectivity index (χ0v) is 10.1. The average molecular weight is 233 g/mol. The van der Waals surface area contributed by atoms with Crippen LogP contribution in [0.1, 0.15) is 43.4 Å². The number of fused-ring (bicyclic) bond motifs is 1. The highest BCUT2D eigenvalue weighted by Gasteiger charge is 2.23. The van der Waals surface area contributed by atoms with Gasteiger partial charge < -0.3 is 10.4 Å². The minimum absolute atomic E-state index is 0.0348. The van der Waals surface area contributed by atoms with E-state index < -0.39 is 6.10 Å². The fourth-order valence-corrected chi connectivity index (χ4v) is 2.31. The molecule has 0 aliphatic heterocycles. The van der Waals surface area contributed by atoms with Gasteiger partial charge in [-0.05, 0) is 37.3 Å². The Kier molecular flexibility index (Phi) is 3.79. The van der Waals surface area contributed by atoms with E-state index in [4.69, 9.17) is 5.11 Å². The van der Waals surface area contributed by atoms with Gasteiger partial charge in [0.05, 0.1) is 12.1 Å². The van der Waals surface area contributed by atoms with Crippen LogP contribution < -0.4 is 5.32 Å². The molecule has 2 unspecified atom stereocenters. The van der Waals surface area contributed by atoms with Crippen molar-refractivity contribution in [3.63, 3.8) is 0 Å². The molecule has 0 aromatic heterocycles. The molecule has 0 spiro atoms. The molecule has 92 valence electrons. The van der Waals surface area contributed by atoms with Crippen molar-refractivity contribution in [3.8, 4) is 0 Å². The molecule has 3 heteroatoms. The van der Waals surface area contributed by atoms with Crippen molar-refractivity contribution >= 4 is 5.91 Å². The minimum atomic E-state index is -0.406. The summed E-state index contributed by atoms with van der Waals surface area (Å²) >= 11 is 0. The number of carbonyl (C=O) groups excluding carboxylic acids is 1. The predicted octanol–water partition coefficient (Wildman–Crippen LogP) is 1.95. The summed E-state index contributed by atoms with van der Waals surface area (Å²) in [5.74, 6) is 0.0348. The highest BCUT2D eigenvalue weighted by atomic mass is 16.3. The Morgan fingerprint density at radius 1 is 1.53 bits per heavy atom. The van der Waals surface area contributed by atoms with Crippen LogP contribution in [0.2, 0.25) is 0 Å². The van der Waals surface area contributed by atoms with Crippen molar-refractivity contribution in [2.45, 2.75) is 44.8 Å². The Morgan fingerprint density at radius 3 is 3.06 bits per heavy atom. The van der Waals surface area contributed by atoms with Crippen molar-refractivity contribution in [2.75, 3.05) is 0 Å². The second-order valence-corrected chi connectivity index (χ2v) is 4.75. The lowest BCUT2D eigenvalue weighted by Gasteiger charge is -2.14. The van der Waals surface area contributed by atoms with Crippen LogP contribution in [0.15, 0.2) is 24.3 Å². The molecule has 0 saturated heterocycles. The largest absolute Gasteiger partial charge is 0.393 e. The number of aryl methyl sites for hydroxylation is 1. The maximum atomic E-state index is 11.7. The number of hydrogen-bond acceptors (Lipinski definition) is 2. The number of aliphatic hydroxyl groups is 1. The van der Waals surface area contributed by atoms with E-state index in [0.29, 0.717) is 12.8 Å². The monoisotopic (exact) mass is 233 g/mol. The van der Waals surface area contributed by atoms with Gasteiger partial charge >= 0.3 is 0 Å². The van der Waals surface area contributed by atoms with Gasteiger partial charge in [-0.25, -0.2) is 0 Å². The molecule has 2 N–H and O–H groups in total. The highest BCUT2D eigenvalue weighted by molar-refractivity contribution is 5.76. The number of hydrogen-bond donors (Lipinski definition) is 2. The first kappa shape index (κ1) is 12.1. The van der Waals surface area contributed by atoms with E-state index in [1.54, 1.807) is 6.92 Å². The third-order valence-corrected chi connectivity index (χ3v) is 3.26. The maximum absolute atomic E-state index is 11.7. The fourth-order valence-electron chi connectivity index (χ4n) is 2.31. The summed E-state index contributed by atoms with van der Waals surface area (Å²) in [5, 5.41) is 12.2. The second kappa shape index (κ2) is 5.32. The summed E-state index contributed by atoms with van der Waals surface area (Å²) < 4.78 is 0. The third-order valence-electron chi connectivity index (χ3n) is 3.26. The topological polar surface area (TPSA) is 49.3 Å². The van der Waals surface area contributed by atoms with E-state index in [2.05, 4.69) is 17.4 Å². The molecule has 2 rings (SSSR count). The Bertz CT molecular complexity index is 401. The molecule has 1 aliphatic rings. The molecule has 3 nitrogen and oxygen atoms in total. The number of rotatable bonds is 4. The third kappa shape index (κ3) is 3.07. The lowest BCUT2D eigenvalue weighted by Crippen LogP contribution is -2.27. The van der Waals surface area contributed by atoms with E-state index >= 15 is 0 Å². The molecule has 0 saturated carbocycles. The van der Waals surface area contributed by atoms with Crippen molar-refractivity contribution in [3.05, 3.63) is 35.4 Å². The van der Waals surface area contributed by atoms with Crippen molar-refractivity contribution in [2.24, 2.45) is 0 Å². The van der Waals surface area contributed by atoms with Crippen LogP contribution >= 0.6 is 0 Å². The van der Waals surface area contributed by atoms with E-state index in [1.807, 2.05) is 12.1 Å². The van der Waals surface area contributed by atoms with E-state index in [-0.39, 0.29) is 11.9 Å². The zero-order valence-electron chi connectivity index (χ0n) is 10.1. The molecule has 1 aromatic rings. The van der Waals surface area contributed by atoms with E-state index in [0.717, 1.165) is 12.8 Å². The summed E-state index contributed by atoms with van der Waals surface area (Å²) in [7, 11) is 0. The van der Waals surface area contributed by atoms with Gasteiger partial charge in [-0.15, -0.1) is 0 Å². The first-order chi connectivity index (χ1) is 8.16. The van der Waals surface area contributed by atoms with Gasteiger partial charge in [0.25, 0.3) is 0 Å². The summed E-state index contributed by atoms with van der Waals surface area (Å²) in [6.07, 6.45) is 2.55. The van der Waals surface area contributed by atoms with Gasteiger partial charge in [-0.2, -0.15) is 0 Å². The van der Waals surface area contributed by atoms with Crippen LogP contribution in [0.3, 0.4) is 0 Å². The minimum Gasteiger partial charge on any atom is -0.393 e. The van der Waals surface area contributed by atoms with E-state index in [1.165, 1.54) is 11.1 Å². The number of amides is 1. The van der Waals surface area contributed by atoms with Gasteiger partial charge in [0, 0.05) is 6.42 Å². The molecular weight excluding hydrogens is 214 g/mol. The van der Waals surface area contributed by atoms with Gasteiger partial charge in [-0.3, -0.25) is 4.79 Å². The lowest BCUT2D eigenvalue weighted by molar-refractivity contribution is -0.122. The number of nitrogens with one attached hydrogen (secondary N) is 1. The Hall–Kier alpha value is -1.35. The standard InChI is InChI=1S/C14H19NO2/c1-10(16)6-9-14(17)15-13-8-7-11-4-2-3-5-12(11)13/h2-5,10,13,16H,6-9H2,1H3,(H,15,17). The molecule has 0 fully saturated rings. The Balaban J connectivity index is 1.91. The zero-order chi connectivity index (χ0) is 12.3. The van der Waals surface area contributed by atoms with E-state index in [9.17, 15) is 4.79 Å². The molecule has 0 radical (unpaired) electrons. The first-order valence-electron chi connectivity index (χ1n) is 6.22. The van der Waals surface area contributed by atoms with Gasteiger partial charge in [0.1, 0.15) is 0 Å². The Morgan fingerprint density at radius 2 is 2.29 bits per heavy atom. The van der Waals surface area contributed by atoms with Crippen LogP contribution in [0.25, 0.3) is 0 Å². The second-order valence-electron chi connectivity index (χ2n) is 4.75. The summed E-state index contributed by atoms with van der Waals surface area (Å²) in [6, 6.07) is 8.42. The smallest absolute Gasteiger partial charge is 0.220 e.